The molecule has 2 atom stereocenters. The Kier molecular flexibility index (Phi) is 2.42. The van der Waals surface area contributed by atoms with Gasteiger partial charge in [-0.3, -0.25) is 0 Å². The van der Waals surface area contributed by atoms with Crippen LogP contribution in [0.3, 0.4) is 0 Å². The van der Waals surface area contributed by atoms with Crippen molar-refractivity contribution in [1.29, 1.82) is 0 Å². The quantitative estimate of drug-likeness (QED) is 0.733. The zero-order valence-electron chi connectivity index (χ0n) is 6.86. The first kappa shape index (κ1) is 8.20. The first-order valence-electron chi connectivity index (χ1n) is 4.27. The van der Waals surface area contributed by atoms with Crippen LogP contribution in [0.15, 0.2) is 18.3 Å². The van der Waals surface area contributed by atoms with Crippen molar-refractivity contribution < 1.29 is 5.11 Å². The van der Waals surface area contributed by atoms with E-state index in [-0.39, 0.29) is 6.10 Å². The molecule has 12 heavy (non-hydrogen) atoms. The molecule has 2 unspecified atom stereocenters. The number of hydrogen-bond donors (Lipinski definition) is 2. The van der Waals surface area contributed by atoms with Crippen LogP contribution < -0.4 is 0 Å². The van der Waals surface area contributed by atoms with E-state index in [1.54, 1.807) is 0 Å². The Morgan fingerprint density at radius 3 is 3.17 bits per heavy atom. The van der Waals surface area contributed by atoms with Crippen molar-refractivity contribution in [3.8, 4) is 0 Å². The minimum absolute atomic E-state index is 0.282. The van der Waals surface area contributed by atoms with Crippen LogP contribution in [0.4, 0.5) is 0 Å². The molecule has 0 aliphatic carbocycles. The Morgan fingerprint density at radius 1 is 1.67 bits per heavy atom. The molecular formula is C9H13NOS. The Hall–Kier alpha value is -0.410. The number of rotatable bonds is 2. The van der Waals surface area contributed by atoms with Gasteiger partial charge in [-0.1, -0.05) is 0 Å². The standard InChI is InChI=1S/C9H13NOS/c11-9(7-3-5-12-6-7)8-2-1-4-10-8/h1-2,4,7,9-11H,3,5-6H2. The van der Waals surface area contributed by atoms with E-state index in [9.17, 15) is 5.11 Å². The number of aliphatic hydroxyl groups is 1. The molecule has 1 aliphatic heterocycles. The number of aromatic amines is 1. The maximum Gasteiger partial charge on any atom is 0.0973 e. The largest absolute Gasteiger partial charge is 0.387 e. The number of H-pyrrole nitrogens is 1. The van der Waals surface area contributed by atoms with E-state index in [1.165, 1.54) is 5.75 Å². The lowest BCUT2D eigenvalue weighted by Crippen LogP contribution is -2.11. The second-order valence-corrected chi connectivity index (χ2v) is 4.34. The highest BCUT2D eigenvalue weighted by atomic mass is 32.2. The Balaban J connectivity index is 2.04. The summed E-state index contributed by atoms with van der Waals surface area (Å²) in [6.45, 7) is 0. The molecule has 0 bridgehead atoms. The highest BCUT2D eigenvalue weighted by Gasteiger charge is 2.25. The zero-order chi connectivity index (χ0) is 8.39. The third kappa shape index (κ3) is 1.52. The Morgan fingerprint density at radius 2 is 2.58 bits per heavy atom. The first-order chi connectivity index (χ1) is 5.88. The average Bonchev–Trinajstić information content (AvgIpc) is 2.77. The van der Waals surface area contributed by atoms with E-state index in [0.717, 1.165) is 17.9 Å². The van der Waals surface area contributed by atoms with Crippen LogP contribution in [-0.2, 0) is 0 Å². The van der Waals surface area contributed by atoms with Gasteiger partial charge in [0.15, 0.2) is 0 Å². The fraction of sp³-hybridized carbons (Fsp3) is 0.556. The summed E-state index contributed by atoms with van der Waals surface area (Å²) in [7, 11) is 0. The smallest absolute Gasteiger partial charge is 0.0973 e. The van der Waals surface area contributed by atoms with E-state index in [2.05, 4.69) is 4.98 Å². The van der Waals surface area contributed by atoms with Gasteiger partial charge in [0.1, 0.15) is 0 Å². The van der Waals surface area contributed by atoms with Crippen LogP contribution in [0.25, 0.3) is 0 Å². The van der Waals surface area contributed by atoms with Crippen LogP contribution in [0.1, 0.15) is 18.2 Å². The molecule has 1 fully saturated rings. The van der Waals surface area contributed by atoms with Crippen molar-refractivity contribution in [3.05, 3.63) is 24.0 Å². The lowest BCUT2D eigenvalue weighted by atomic mass is 10.00. The van der Waals surface area contributed by atoms with E-state index in [0.29, 0.717) is 5.92 Å². The SMILES string of the molecule is OC(c1ccc[nH]1)C1CCSC1. The van der Waals surface area contributed by atoms with Gasteiger partial charge in [0, 0.05) is 17.8 Å². The van der Waals surface area contributed by atoms with Crippen molar-refractivity contribution in [2.24, 2.45) is 5.92 Å². The van der Waals surface area contributed by atoms with E-state index in [1.807, 2.05) is 30.1 Å². The molecule has 1 aromatic heterocycles. The summed E-state index contributed by atoms with van der Waals surface area (Å²) in [5.74, 6) is 2.75. The van der Waals surface area contributed by atoms with Crippen LogP contribution in [0.5, 0.6) is 0 Å². The molecule has 0 aromatic carbocycles. The molecule has 0 saturated carbocycles. The predicted molar refractivity (Wildman–Crippen MR) is 51.2 cm³/mol. The number of aromatic nitrogens is 1. The fourth-order valence-corrected chi connectivity index (χ4v) is 2.87. The molecule has 0 radical (unpaired) electrons. The molecule has 1 aliphatic rings. The van der Waals surface area contributed by atoms with Gasteiger partial charge in [-0.2, -0.15) is 11.8 Å². The number of nitrogens with one attached hydrogen (secondary N) is 1. The zero-order valence-corrected chi connectivity index (χ0v) is 7.68. The van der Waals surface area contributed by atoms with E-state index < -0.39 is 0 Å². The first-order valence-corrected chi connectivity index (χ1v) is 5.42. The molecule has 2 heterocycles. The highest BCUT2D eigenvalue weighted by molar-refractivity contribution is 7.99. The summed E-state index contributed by atoms with van der Waals surface area (Å²) >= 11 is 1.93. The molecule has 0 spiro atoms. The van der Waals surface area contributed by atoms with Gasteiger partial charge in [0.05, 0.1) is 6.10 Å². The maximum atomic E-state index is 9.86. The lowest BCUT2D eigenvalue weighted by Gasteiger charge is -2.15. The summed E-state index contributed by atoms with van der Waals surface area (Å²) in [5, 5.41) is 9.86. The van der Waals surface area contributed by atoms with E-state index in [4.69, 9.17) is 0 Å². The normalized spacial score (nSPS) is 25.9. The predicted octanol–water partition coefficient (Wildman–Crippen LogP) is 1.80. The minimum Gasteiger partial charge on any atom is -0.387 e. The minimum atomic E-state index is -0.282. The van der Waals surface area contributed by atoms with Crippen molar-refractivity contribution in [2.45, 2.75) is 12.5 Å². The third-order valence-electron chi connectivity index (χ3n) is 2.35. The van der Waals surface area contributed by atoms with Crippen LogP contribution in [-0.4, -0.2) is 21.6 Å². The van der Waals surface area contributed by atoms with Gasteiger partial charge < -0.3 is 10.1 Å². The molecule has 3 heteroatoms. The number of hydrogen-bond acceptors (Lipinski definition) is 2. The summed E-state index contributed by atoms with van der Waals surface area (Å²) in [6, 6.07) is 3.88. The summed E-state index contributed by atoms with van der Waals surface area (Å²) in [5.41, 5.74) is 0.961. The van der Waals surface area contributed by atoms with Gasteiger partial charge in [-0.15, -0.1) is 0 Å². The van der Waals surface area contributed by atoms with Gasteiger partial charge >= 0.3 is 0 Å². The number of thioether (sulfide) groups is 1. The van der Waals surface area contributed by atoms with Gasteiger partial charge in [-0.25, -0.2) is 0 Å². The topological polar surface area (TPSA) is 36.0 Å². The highest BCUT2D eigenvalue weighted by Crippen LogP contribution is 2.33. The fourth-order valence-electron chi connectivity index (χ4n) is 1.58. The summed E-state index contributed by atoms with van der Waals surface area (Å²) in [4.78, 5) is 3.05. The summed E-state index contributed by atoms with van der Waals surface area (Å²) < 4.78 is 0. The van der Waals surface area contributed by atoms with Gasteiger partial charge in [0.25, 0.3) is 0 Å². The van der Waals surface area contributed by atoms with Crippen LogP contribution in [0.2, 0.25) is 0 Å². The number of aliphatic hydroxyl groups excluding tert-OH is 1. The third-order valence-corrected chi connectivity index (χ3v) is 3.54. The maximum absolute atomic E-state index is 9.86. The molecular weight excluding hydrogens is 170 g/mol. The second kappa shape index (κ2) is 3.54. The second-order valence-electron chi connectivity index (χ2n) is 3.19. The van der Waals surface area contributed by atoms with Crippen molar-refractivity contribution in [3.63, 3.8) is 0 Å². The Labute approximate surface area is 76.4 Å². The summed E-state index contributed by atoms with van der Waals surface area (Å²) in [6.07, 6.45) is 2.72. The lowest BCUT2D eigenvalue weighted by molar-refractivity contribution is 0.117. The molecule has 66 valence electrons. The molecule has 1 aromatic rings. The monoisotopic (exact) mass is 183 g/mol. The van der Waals surface area contributed by atoms with Crippen molar-refractivity contribution in [2.75, 3.05) is 11.5 Å². The van der Waals surface area contributed by atoms with Crippen molar-refractivity contribution >= 4 is 11.8 Å². The molecule has 1 saturated heterocycles. The van der Waals surface area contributed by atoms with E-state index >= 15 is 0 Å². The molecule has 2 nitrogen and oxygen atoms in total. The molecule has 2 N–H and O–H groups in total. The molecule has 2 rings (SSSR count). The van der Waals surface area contributed by atoms with Crippen LogP contribution >= 0.6 is 11.8 Å². The van der Waals surface area contributed by atoms with Crippen LogP contribution in [0, 0.1) is 5.92 Å². The van der Waals surface area contributed by atoms with Gasteiger partial charge in [0.2, 0.25) is 0 Å². The average molecular weight is 183 g/mol. The van der Waals surface area contributed by atoms with Gasteiger partial charge in [-0.05, 0) is 30.1 Å². The van der Waals surface area contributed by atoms with Crippen molar-refractivity contribution in [1.82, 2.24) is 4.98 Å². The molecule has 0 amide bonds. The Bertz CT molecular complexity index is 229.